The van der Waals surface area contributed by atoms with Crippen molar-refractivity contribution in [3.8, 4) is 16.9 Å². The zero-order valence-corrected chi connectivity index (χ0v) is 11.5. The maximum absolute atomic E-state index is 14.2. The van der Waals surface area contributed by atoms with Crippen molar-refractivity contribution in [1.82, 2.24) is 0 Å². The largest absolute Gasteiger partial charge is 0.491 e. The van der Waals surface area contributed by atoms with E-state index in [0.29, 0.717) is 5.00 Å². The molecule has 0 aliphatic carbocycles. The molecule has 2 N–H and O–H groups in total. The second-order valence-electron chi connectivity index (χ2n) is 3.85. The third-order valence-corrected chi connectivity index (χ3v) is 3.77. The number of methoxy groups -OCH3 is 1. The number of anilines is 1. The van der Waals surface area contributed by atoms with Crippen LogP contribution < -0.4 is 10.1 Å². The first-order valence-electron chi connectivity index (χ1n) is 5.56. The molecule has 0 atom stereocenters. The van der Waals surface area contributed by atoms with Gasteiger partial charge in [-0.15, -0.1) is 11.3 Å². The Kier molecular flexibility index (Phi) is 3.89. The molecule has 0 saturated carbocycles. The van der Waals surface area contributed by atoms with Crippen molar-refractivity contribution in [2.75, 3.05) is 19.5 Å². The molecular formula is C13H11F2NO3S. The van der Waals surface area contributed by atoms with E-state index in [-0.39, 0.29) is 16.7 Å². The van der Waals surface area contributed by atoms with Crippen molar-refractivity contribution in [2.45, 2.75) is 0 Å². The van der Waals surface area contributed by atoms with Crippen LogP contribution in [0.1, 0.15) is 10.4 Å². The molecule has 1 heterocycles. The summed E-state index contributed by atoms with van der Waals surface area (Å²) in [5, 5.41) is 13.9. The third-order valence-electron chi connectivity index (χ3n) is 2.78. The summed E-state index contributed by atoms with van der Waals surface area (Å²) in [5.74, 6) is -3.48. The van der Waals surface area contributed by atoms with Gasteiger partial charge in [-0.25, -0.2) is 13.6 Å². The Morgan fingerprint density at radius 3 is 2.60 bits per heavy atom. The lowest BCUT2D eigenvalue weighted by Crippen LogP contribution is -2.02. The zero-order valence-electron chi connectivity index (χ0n) is 10.7. The Balaban J connectivity index is 2.69. The van der Waals surface area contributed by atoms with Gasteiger partial charge in [0.2, 0.25) is 0 Å². The lowest BCUT2D eigenvalue weighted by Gasteiger charge is -2.09. The van der Waals surface area contributed by atoms with Crippen LogP contribution in [0.4, 0.5) is 13.8 Å². The Morgan fingerprint density at radius 2 is 2.05 bits per heavy atom. The van der Waals surface area contributed by atoms with Gasteiger partial charge < -0.3 is 15.2 Å². The molecule has 2 rings (SSSR count). The van der Waals surface area contributed by atoms with Crippen LogP contribution in [0.5, 0.6) is 5.75 Å². The highest BCUT2D eigenvalue weighted by atomic mass is 32.1. The zero-order chi connectivity index (χ0) is 14.9. The van der Waals surface area contributed by atoms with E-state index in [1.807, 2.05) is 0 Å². The second kappa shape index (κ2) is 5.46. The molecule has 0 amide bonds. The topological polar surface area (TPSA) is 58.6 Å². The highest BCUT2D eigenvalue weighted by Crippen LogP contribution is 2.39. The number of carbonyl (C=O) groups is 1. The van der Waals surface area contributed by atoms with E-state index in [4.69, 9.17) is 0 Å². The molecular weight excluding hydrogens is 288 g/mol. The normalized spacial score (nSPS) is 10.4. The standard InChI is InChI=1S/C13H11F2NO3S/c1-16-12-9(13(17)18)7(5-20-12)6-3-4-8(14)11(19-2)10(6)15/h3-5,16H,1-2H3,(H,17,18). The summed E-state index contributed by atoms with van der Waals surface area (Å²) in [6.07, 6.45) is 0. The maximum Gasteiger partial charge on any atom is 0.339 e. The Hall–Kier alpha value is -2.15. The summed E-state index contributed by atoms with van der Waals surface area (Å²) in [5.41, 5.74) is 0.117. The van der Waals surface area contributed by atoms with Gasteiger partial charge in [0.05, 0.1) is 7.11 Å². The van der Waals surface area contributed by atoms with E-state index >= 15 is 0 Å². The minimum atomic E-state index is -1.19. The Morgan fingerprint density at radius 1 is 1.35 bits per heavy atom. The van der Waals surface area contributed by atoms with Gasteiger partial charge in [0.15, 0.2) is 17.4 Å². The number of halogens is 2. The van der Waals surface area contributed by atoms with E-state index < -0.39 is 23.4 Å². The summed E-state index contributed by atoms with van der Waals surface area (Å²) >= 11 is 1.13. The molecule has 0 unspecified atom stereocenters. The molecule has 0 bridgehead atoms. The fraction of sp³-hybridized carbons (Fsp3) is 0.154. The quantitative estimate of drug-likeness (QED) is 0.908. The number of carboxylic acids is 1. The number of hydrogen-bond donors (Lipinski definition) is 2. The molecule has 0 saturated heterocycles. The van der Waals surface area contributed by atoms with Crippen molar-refractivity contribution in [3.05, 3.63) is 34.7 Å². The summed E-state index contributed by atoms with van der Waals surface area (Å²) in [6, 6.07) is 2.24. The molecule has 7 heteroatoms. The van der Waals surface area contributed by atoms with Crippen LogP contribution in [0.2, 0.25) is 0 Å². The first-order chi connectivity index (χ1) is 9.51. The minimum Gasteiger partial charge on any atom is -0.491 e. The Bertz CT molecular complexity index is 670. The van der Waals surface area contributed by atoms with Gasteiger partial charge in [-0.3, -0.25) is 0 Å². The van der Waals surface area contributed by atoms with Crippen LogP contribution in [-0.2, 0) is 0 Å². The van der Waals surface area contributed by atoms with Gasteiger partial charge in [0, 0.05) is 23.6 Å². The van der Waals surface area contributed by atoms with Crippen molar-refractivity contribution in [1.29, 1.82) is 0 Å². The molecule has 0 aliphatic heterocycles. The molecule has 20 heavy (non-hydrogen) atoms. The molecule has 2 aromatic rings. The van der Waals surface area contributed by atoms with E-state index in [2.05, 4.69) is 10.1 Å². The lowest BCUT2D eigenvalue weighted by atomic mass is 10.0. The summed E-state index contributed by atoms with van der Waals surface area (Å²) in [4.78, 5) is 11.3. The number of aromatic carboxylic acids is 1. The van der Waals surface area contributed by atoms with E-state index in [9.17, 15) is 18.7 Å². The summed E-state index contributed by atoms with van der Waals surface area (Å²) in [6.45, 7) is 0. The maximum atomic E-state index is 14.2. The number of ether oxygens (including phenoxy) is 1. The van der Waals surface area contributed by atoms with Crippen LogP contribution >= 0.6 is 11.3 Å². The predicted octanol–water partition coefficient (Wildman–Crippen LogP) is 3.44. The molecule has 0 spiro atoms. The van der Waals surface area contributed by atoms with E-state index in [1.54, 1.807) is 7.05 Å². The Labute approximate surface area is 117 Å². The summed E-state index contributed by atoms with van der Waals surface area (Å²) < 4.78 is 32.3. The van der Waals surface area contributed by atoms with Crippen LogP contribution in [-0.4, -0.2) is 25.2 Å². The van der Waals surface area contributed by atoms with Crippen LogP contribution in [0.25, 0.3) is 11.1 Å². The molecule has 1 aromatic carbocycles. The van der Waals surface area contributed by atoms with Crippen molar-refractivity contribution < 1.29 is 23.4 Å². The average molecular weight is 299 g/mol. The molecule has 106 valence electrons. The van der Waals surface area contributed by atoms with Crippen molar-refractivity contribution in [3.63, 3.8) is 0 Å². The monoisotopic (exact) mass is 299 g/mol. The minimum absolute atomic E-state index is 0.0154. The first-order valence-corrected chi connectivity index (χ1v) is 6.44. The molecule has 0 radical (unpaired) electrons. The SMILES string of the molecule is CNc1scc(-c2ccc(F)c(OC)c2F)c1C(=O)O. The van der Waals surface area contributed by atoms with Gasteiger partial charge in [-0.2, -0.15) is 0 Å². The third kappa shape index (κ3) is 2.20. The van der Waals surface area contributed by atoms with Gasteiger partial charge >= 0.3 is 5.97 Å². The lowest BCUT2D eigenvalue weighted by molar-refractivity contribution is 0.0699. The van der Waals surface area contributed by atoms with Crippen molar-refractivity contribution in [2.24, 2.45) is 0 Å². The molecule has 0 aliphatic rings. The van der Waals surface area contributed by atoms with Gasteiger partial charge in [-0.1, -0.05) is 0 Å². The van der Waals surface area contributed by atoms with Gasteiger partial charge in [-0.05, 0) is 12.1 Å². The first kappa shape index (κ1) is 14.3. The molecule has 4 nitrogen and oxygen atoms in total. The van der Waals surface area contributed by atoms with E-state index in [0.717, 1.165) is 24.5 Å². The number of benzene rings is 1. The van der Waals surface area contributed by atoms with Crippen LogP contribution in [0.15, 0.2) is 17.5 Å². The number of rotatable bonds is 4. The van der Waals surface area contributed by atoms with Gasteiger partial charge in [0.1, 0.15) is 10.6 Å². The van der Waals surface area contributed by atoms with Gasteiger partial charge in [0.25, 0.3) is 0 Å². The second-order valence-corrected chi connectivity index (χ2v) is 4.73. The van der Waals surface area contributed by atoms with Crippen LogP contribution in [0.3, 0.4) is 0 Å². The predicted molar refractivity (Wildman–Crippen MR) is 72.7 cm³/mol. The smallest absolute Gasteiger partial charge is 0.339 e. The van der Waals surface area contributed by atoms with Crippen molar-refractivity contribution >= 4 is 22.3 Å². The fourth-order valence-electron chi connectivity index (χ4n) is 1.88. The van der Waals surface area contributed by atoms with E-state index in [1.165, 1.54) is 11.4 Å². The summed E-state index contributed by atoms with van der Waals surface area (Å²) in [7, 11) is 2.72. The molecule has 0 fully saturated rings. The fourth-order valence-corrected chi connectivity index (χ4v) is 2.79. The number of nitrogens with one attached hydrogen (secondary N) is 1. The molecule has 1 aromatic heterocycles. The van der Waals surface area contributed by atoms with Crippen LogP contribution in [0, 0.1) is 11.6 Å². The highest BCUT2D eigenvalue weighted by Gasteiger charge is 2.23. The highest BCUT2D eigenvalue weighted by molar-refractivity contribution is 7.15. The average Bonchev–Trinajstić information content (AvgIpc) is 2.83. The number of hydrogen-bond acceptors (Lipinski definition) is 4. The number of carboxylic acid groups (broad SMARTS) is 1. The number of thiophene rings is 1.